The molecule has 4 heteroatoms. The molecule has 0 amide bonds. The fourth-order valence-corrected chi connectivity index (χ4v) is 2.20. The van der Waals surface area contributed by atoms with Gasteiger partial charge in [0, 0.05) is 17.0 Å². The first kappa shape index (κ1) is 10.4. The van der Waals surface area contributed by atoms with Gasteiger partial charge in [-0.3, -0.25) is 0 Å². The molecular weight excluding hydrogens is 228 g/mol. The van der Waals surface area contributed by atoms with E-state index in [9.17, 15) is 5.11 Å². The number of fused-ring (bicyclic) bond motifs is 1. The van der Waals surface area contributed by atoms with E-state index < -0.39 is 5.60 Å². The van der Waals surface area contributed by atoms with Gasteiger partial charge in [-0.25, -0.2) is 0 Å². The number of aliphatic hydroxyl groups is 1. The molecule has 3 nitrogen and oxygen atoms in total. The Balaban J connectivity index is 1.92. The second-order valence-electron chi connectivity index (χ2n) is 4.56. The molecule has 1 aromatic carbocycles. The first-order valence-corrected chi connectivity index (χ1v) is 5.78. The maximum atomic E-state index is 9.89. The predicted molar refractivity (Wildman–Crippen MR) is 59.6 cm³/mol. The molecule has 3 rings (SSSR count). The predicted octanol–water partition coefficient (Wildman–Crippen LogP) is 2.27. The van der Waals surface area contributed by atoms with Crippen LogP contribution < -0.4 is 4.74 Å². The first-order chi connectivity index (χ1) is 7.66. The topological polar surface area (TPSA) is 38.7 Å². The van der Waals surface area contributed by atoms with Crippen LogP contribution >= 0.6 is 11.6 Å². The molecule has 1 N–H and O–H groups in total. The van der Waals surface area contributed by atoms with Crippen LogP contribution in [-0.2, 0) is 17.8 Å². The van der Waals surface area contributed by atoms with E-state index in [-0.39, 0.29) is 0 Å². The highest BCUT2D eigenvalue weighted by atomic mass is 35.5. The van der Waals surface area contributed by atoms with Crippen molar-refractivity contribution in [3.8, 4) is 5.75 Å². The maximum absolute atomic E-state index is 9.89. The largest absolute Gasteiger partial charge is 0.467 e. The lowest BCUT2D eigenvalue weighted by atomic mass is 10.0. The summed E-state index contributed by atoms with van der Waals surface area (Å²) in [6.45, 7) is 0.831. The highest BCUT2D eigenvalue weighted by Crippen LogP contribution is 2.41. The third-order valence-corrected chi connectivity index (χ3v) is 3.48. The normalized spacial score (nSPS) is 21.1. The van der Waals surface area contributed by atoms with Crippen LogP contribution in [0.2, 0.25) is 5.02 Å². The fourth-order valence-electron chi connectivity index (χ4n) is 1.95. The standard InChI is InChI=1S/C12H13ClO3/c13-10-3-9-6-15-7-16-11(9)4-8(10)5-12(14)1-2-12/h3-4,14H,1-2,5-7H2. The summed E-state index contributed by atoms with van der Waals surface area (Å²) in [6, 6.07) is 3.80. The molecule has 16 heavy (non-hydrogen) atoms. The highest BCUT2D eigenvalue weighted by molar-refractivity contribution is 6.31. The number of hydrogen-bond donors (Lipinski definition) is 1. The Bertz CT molecular complexity index is 427. The molecule has 0 spiro atoms. The second-order valence-corrected chi connectivity index (χ2v) is 4.97. The van der Waals surface area contributed by atoms with E-state index in [1.165, 1.54) is 0 Å². The van der Waals surface area contributed by atoms with Crippen molar-refractivity contribution in [1.29, 1.82) is 0 Å². The summed E-state index contributed by atoms with van der Waals surface area (Å²) in [5.41, 5.74) is 1.41. The SMILES string of the molecule is OC1(Cc2cc3c(cc2Cl)COCO3)CC1. The summed E-state index contributed by atoms with van der Waals surface area (Å²) in [7, 11) is 0. The van der Waals surface area contributed by atoms with Crippen molar-refractivity contribution in [2.24, 2.45) is 0 Å². The Labute approximate surface area is 98.9 Å². The van der Waals surface area contributed by atoms with Gasteiger partial charge in [-0.15, -0.1) is 0 Å². The molecule has 0 radical (unpaired) electrons. The lowest BCUT2D eigenvalue weighted by Gasteiger charge is -2.20. The van der Waals surface area contributed by atoms with E-state index in [0.717, 1.165) is 29.7 Å². The summed E-state index contributed by atoms with van der Waals surface area (Å²) in [6.07, 6.45) is 2.35. The number of rotatable bonds is 2. The van der Waals surface area contributed by atoms with Crippen molar-refractivity contribution in [3.63, 3.8) is 0 Å². The fraction of sp³-hybridized carbons (Fsp3) is 0.500. The lowest BCUT2D eigenvalue weighted by Crippen LogP contribution is -2.14. The van der Waals surface area contributed by atoms with Crippen LogP contribution in [0.3, 0.4) is 0 Å². The summed E-state index contributed by atoms with van der Waals surface area (Å²) >= 11 is 6.17. The third-order valence-electron chi connectivity index (χ3n) is 3.13. The summed E-state index contributed by atoms with van der Waals surface area (Å²) in [4.78, 5) is 0. The minimum atomic E-state index is -0.525. The van der Waals surface area contributed by atoms with Crippen LogP contribution in [0.15, 0.2) is 12.1 Å². The van der Waals surface area contributed by atoms with Crippen LogP contribution in [0.4, 0.5) is 0 Å². The molecule has 1 saturated carbocycles. The van der Waals surface area contributed by atoms with Gasteiger partial charge in [0.15, 0.2) is 6.79 Å². The van der Waals surface area contributed by atoms with Gasteiger partial charge in [0.1, 0.15) is 5.75 Å². The molecule has 86 valence electrons. The maximum Gasteiger partial charge on any atom is 0.189 e. The molecular formula is C12H13ClO3. The molecule has 0 aromatic heterocycles. The number of halogens is 1. The zero-order valence-electron chi connectivity index (χ0n) is 8.83. The summed E-state index contributed by atoms with van der Waals surface area (Å²) in [5.74, 6) is 0.829. The van der Waals surface area contributed by atoms with E-state index in [1.54, 1.807) is 0 Å². The second kappa shape index (κ2) is 3.62. The van der Waals surface area contributed by atoms with Crippen molar-refractivity contribution in [2.75, 3.05) is 6.79 Å². The van der Waals surface area contributed by atoms with Gasteiger partial charge < -0.3 is 14.6 Å². The van der Waals surface area contributed by atoms with Crippen molar-refractivity contribution >= 4 is 11.6 Å². The van der Waals surface area contributed by atoms with E-state index in [2.05, 4.69) is 0 Å². The molecule has 1 heterocycles. The van der Waals surface area contributed by atoms with Gasteiger partial charge in [-0.1, -0.05) is 11.6 Å². The Morgan fingerprint density at radius 3 is 2.94 bits per heavy atom. The van der Waals surface area contributed by atoms with Crippen molar-refractivity contribution < 1.29 is 14.6 Å². The van der Waals surface area contributed by atoms with Crippen molar-refractivity contribution in [3.05, 3.63) is 28.3 Å². The Morgan fingerprint density at radius 2 is 2.19 bits per heavy atom. The monoisotopic (exact) mass is 240 g/mol. The van der Waals surface area contributed by atoms with E-state index >= 15 is 0 Å². The van der Waals surface area contributed by atoms with Gasteiger partial charge in [-0.05, 0) is 30.5 Å². The Hall–Kier alpha value is -0.770. The van der Waals surface area contributed by atoms with E-state index in [4.69, 9.17) is 21.1 Å². The number of benzene rings is 1. The van der Waals surface area contributed by atoms with Gasteiger partial charge in [0.05, 0.1) is 12.2 Å². The lowest BCUT2D eigenvalue weighted by molar-refractivity contribution is -0.0164. The van der Waals surface area contributed by atoms with Gasteiger partial charge in [0.25, 0.3) is 0 Å². The minimum absolute atomic E-state index is 0.290. The summed E-state index contributed by atoms with van der Waals surface area (Å²) < 4.78 is 10.6. The van der Waals surface area contributed by atoms with Crippen molar-refractivity contribution in [1.82, 2.24) is 0 Å². The average Bonchev–Trinajstić information content (AvgIpc) is 2.97. The molecule has 2 aliphatic rings. The van der Waals surface area contributed by atoms with Crippen molar-refractivity contribution in [2.45, 2.75) is 31.5 Å². The molecule has 0 bridgehead atoms. The highest BCUT2D eigenvalue weighted by Gasteiger charge is 2.40. The zero-order chi connectivity index (χ0) is 11.2. The zero-order valence-corrected chi connectivity index (χ0v) is 9.59. The van der Waals surface area contributed by atoms with Crippen LogP contribution in [0, 0.1) is 0 Å². The van der Waals surface area contributed by atoms with Crippen LogP contribution in [-0.4, -0.2) is 17.5 Å². The first-order valence-electron chi connectivity index (χ1n) is 5.41. The Morgan fingerprint density at radius 1 is 1.38 bits per heavy atom. The van der Waals surface area contributed by atoms with E-state index in [1.807, 2.05) is 12.1 Å². The molecule has 1 fully saturated rings. The van der Waals surface area contributed by atoms with Crippen LogP contribution in [0.1, 0.15) is 24.0 Å². The average molecular weight is 241 g/mol. The van der Waals surface area contributed by atoms with Crippen LogP contribution in [0.5, 0.6) is 5.75 Å². The van der Waals surface area contributed by atoms with Gasteiger partial charge in [0.2, 0.25) is 0 Å². The molecule has 1 aromatic rings. The summed E-state index contributed by atoms with van der Waals surface area (Å²) in [5, 5.41) is 10.6. The van der Waals surface area contributed by atoms with Gasteiger partial charge >= 0.3 is 0 Å². The third kappa shape index (κ3) is 1.90. The van der Waals surface area contributed by atoms with Crippen LogP contribution in [0.25, 0.3) is 0 Å². The molecule has 0 unspecified atom stereocenters. The molecule has 0 atom stereocenters. The quantitative estimate of drug-likeness (QED) is 0.862. The van der Waals surface area contributed by atoms with E-state index in [0.29, 0.717) is 24.8 Å². The smallest absolute Gasteiger partial charge is 0.189 e. The molecule has 1 aliphatic carbocycles. The number of hydrogen-bond acceptors (Lipinski definition) is 3. The Kier molecular flexibility index (Phi) is 2.35. The molecule has 0 saturated heterocycles. The van der Waals surface area contributed by atoms with Gasteiger partial charge in [-0.2, -0.15) is 0 Å². The molecule has 1 aliphatic heterocycles. The number of ether oxygens (including phenoxy) is 2. The minimum Gasteiger partial charge on any atom is -0.467 e.